The number of aliphatic imine (C=N–C) groups is 1. The van der Waals surface area contributed by atoms with Crippen LogP contribution in [0.3, 0.4) is 0 Å². The number of thioether (sulfide) groups is 1. The molecule has 10 heteroatoms. The fourth-order valence-electron chi connectivity index (χ4n) is 3.35. The molecule has 5 nitrogen and oxygen atoms in total. The molecule has 0 saturated carbocycles. The number of guanidine groups is 1. The molecule has 0 aliphatic carbocycles. The summed E-state index contributed by atoms with van der Waals surface area (Å²) in [6.07, 6.45) is -3.04. The van der Waals surface area contributed by atoms with Gasteiger partial charge in [-0.25, -0.2) is 0 Å². The third-order valence-electron chi connectivity index (χ3n) is 5.45. The number of alkyl halides is 3. The van der Waals surface area contributed by atoms with E-state index < -0.39 is 12.2 Å². The van der Waals surface area contributed by atoms with Gasteiger partial charge in [-0.3, -0.25) is 9.89 Å². The molecule has 2 rings (SSSR count). The van der Waals surface area contributed by atoms with Gasteiger partial charge in [-0.2, -0.15) is 24.9 Å². The van der Waals surface area contributed by atoms with E-state index >= 15 is 0 Å². The van der Waals surface area contributed by atoms with E-state index in [1.807, 2.05) is 11.8 Å². The van der Waals surface area contributed by atoms with Gasteiger partial charge < -0.3 is 15.1 Å². The highest BCUT2D eigenvalue weighted by Gasteiger charge is 2.41. The summed E-state index contributed by atoms with van der Waals surface area (Å²) in [5.41, 5.74) is 0.118. The molecule has 2 fully saturated rings. The fourth-order valence-corrected chi connectivity index (χ4v) is 4.90. The maximum absolute atomic E-state index is 12.9. The minimum atomic E-state index is -4.17. The first-order valence-corrected chi connectivity index (χ1v) is 9.86. The van der Waals surface area contributed by atoms with Crippen LogP contribution in [-0.4, -0.2) is 104 Å². The number of piperazine rings is 1. The summed E-state index contributed by atoms with van der Waals surface area (Å²) < 4.78 is 38.6. The first-order chi connectivity index (χ1) is 11.7. The zero-order chi connectivity index (χ0) is 18.7. The van der Waals surface area contributed by atoms with Crippen LogP contribution in [-0.2, 0) is 0 Å². The van der Waals surface area contributed by atoms with Gasteiger partial charge in [0.15, 0.2) is 5.96 Å². The first kappa shape index (κ1) is 24.1. The van der Waals surface area contributed by atoms with Gasteiger partial charge in [0.25, 0.3) is 0 Å². The monoisotopic (exact) mass is 509 g/mol. The third-order valence-corrected chi connectivity index (χ3v) is 6.69. The highest BCUT2D eigenvalue weighted by Crippen LogP contribution is 2.31. The lowest BCUT2D eigenvalue weighted by Gasteiger charge is -2.41. The molecule has 0 bridgehead atoms. The normalized spacial score (nSPS) is 26.8. The van der Waals surface area contributed by atoms with Crippen molar-refractivity contribution in [2.45, 2.75) is 31.1 Å². The van der Waals surface area contributed by atoms with Crippen molar-refractivity contribution in [3.8, 4) is 0 Å². The van der Waals surface area contributed by atoms with E-state index in [9.17, 15) is 13.2 Å². The summed E-state index contributed by atoms with van der Waals surface area (Å²) in [5.74, 6) is 3.03. The summed E-state index contributed by atoms with van der Waals surface area (Å²) >= 11 is 1.96. The lowest BCUT2D eigenvalue weighted by atomic mass is 9.97. The Labute approximate surface area is 176 Å². The van der Waals surface area contributed by atoms with E-state index in [0.29, 0.717) is 26.2 Å². The van der Waals surface area contributed by atoms with Crippen LogP contribution in [0.15, 0.2) is 4.99 Å². The van der Waals surface area contributed by atoms with Crippen LogP contribution in [0.4, 0.5) is 13.2 Å². The van der Waals surface area contributed by atoms with Crippen molar-refractivity contribution in [3.05, 3.63) is 0 Å². The summed E-state index contributed by atoms with van der Waals surface area (Å²) in [4.78, 5) is 10.2. The number of hydrogen-bond donors (Lipinski definition) is 1. The number of nitrogens with one attached hydrogen (secondary N) is 1. The molecule has 154 valence electrons. The molecule has 2 aliphatic rings. The van der Waals surface area contributed by atoms with Crippen LogP contribution in [0.5, 0.6) is 0 Å². The van der Waals surface area contributed by atoms with E-state index in [1.54, 1.807) is 7.05 Å². The molecule has 2 heterocycles. The van der Waals surface area contributed by atoms with Gasteiger partial charge in [0.1, 0.15) is 6.04 Å². The largest absolute Gasteiger partial charge is 0.403 e. The van der Waals surface area contributed by atoms with E-state index in [1.165, 1.54) is 11.8 Å². The maximum Gasteiger partial charge on any atom is 0.403 e. The standard InChI is InChI=1S/C16H30F3N5S.HI/c1-13(16(17,18)19)23-6-8-24(9-7-23)14(20-2)21-11-15(22(3)4)5-10-25-12-15;/h13H,5-12H2,1-4H3,(H,20,21);1H. The highest BCUT2D eigenvalue weighted by molar-refractivity contribution is 14.0. The van der Waals surface area contributed by atoms with E-state index in [0.717, 1.165) is 30.4 Å². The van der Waals surface area contributed by atoms with Gasteiger partial charge in [-0.05, 0) is 33.2 Å². The van der Waals surface area contributed by atoms with E-state index in [4.69, 9.17) is 0 Å². The quantitative estimate of drug-likeness (QED) is 0.357. The van der Waals surface area contributed by atoms with Gasteiger partial charge in [0, 0.05) is 51.1 Å². The molecule has 0 aromatic rings. The van der Waals surface area contributed by atoms with Gasteiger partial charge in [0.2, 0.25) is 0 Å². The second-order valence-corrected chi connectivity index (χ2v) is 8.17. The van der Waals surface area contributed by atoms with Crippen molar-refractivity contribution >= 4 is 41.7 Å². The second-order valence-electron chi connectivity index (χ2n) is 7.06. The predicted molar refractivity (Wildman–Crippen MR) is 114 cm³/mol. The Balaban J connectivity index is 0.00000338. The number of halogens is 4. The summed E-state index contributed by atoms with van der Waals surface area (Å²) in [7, 11) is 5.94. The van der Waals surface area contributed by atoms with Crippen LogP contribution >= 0.6 is 35.7 Å². The van der Waals surface area contributed by atoms with Gasteiger partial charge in [-0.1, -0.05) is 0 Å². The Morgan fingerprint density at radius 3 is 2.31 bits per heavy atom. The molecule has 0 amide bonds. The molecule has 0 aromatic carbocycles. The number of rotatable bonds is 4. The minimum Gasteiger partial charge on any atom is -0.354 e. The molecule has 0 aromatic heterocycles. The maximum atomic E-state index is 12.9. The van der Waals surface area contributed by atoms with Crippen molar-refractivity contribution in [1.82, 2.24) is 20.0 Å². The zero-order valence-corrected chi connectivity index (χ0v) is 19.1. The van der Waals surface area contributed by atoms with Crippen molar-refractivity contribution in [1.29, 1.82) is 0 Å². The number of likely N-dealkylation sites (N-methyl/N-ethyl adjacent to an activating group) is 1. The molecular formula is C16H31F3IN5S. The molecule has 2 saturated heterocycles. The van der Waals surface area contributed by atoms with Crippen LogP contribution in [0, 0.1) is 0 Å². The van der Waals surface area contributed by atoms with Crippen molar-refractivity contribution in [3.63, 3.8) is 0 Å². The Kier molecular flexibility index (Phi) is 9.28. The molecule has 2 unspecified atom stereocenters. The van der Waals surface area contributed by atoms with Crippen molar-refractivity contribution in [2.75, 3.05) is 65.4 Å². The Morgan fingerprint density at radius 1 is 1.27 bits per heavy atom. The molecule has 26 heavy (non-hydrogen) atoms. The van der Waals surface area contributed by atoms with Gasteiger partial charge >= 0.3 is 6.18 Å². The Hall–Kier alpha value is 0.0600. The van der Waals surface area contributed by atoms with E-state index in [2.05, 4.69) is 34.2 Å². The summed E-state index contributed by atoms with van der Waals surface area (Å²) in [6, 6.07) is -1.39. The van der Waals surface area contributed by atoms with Crippen LogP contribution in [0.1, 0.15) is 13.3 Å². The third kappa shape index (κ3) is 5.78. The lowest BCUT2D eigenvalue weighted by Crippen LogP contribution is -2.59. The Bertz CT molecular complexity index is 461. The smallest absolute Gasteiger partial charge is 0.354 e. The predicted octanol–water partition coefficient (Wildman–Crippen LogP) is 2.19. The highest BCUT2D eigenvalue weighted by atomic mass is 127. The number of hydrogen-bond acceptors (Lipinski definition) is 4. The molecular weight excluding hydrogens is 478 g/mol. The van der Waals surface area contributed by atoms with Crippen molar-refractivity contribution in [2.24, 2.45) is 4.99 Å². The molecule has 2 aliphatic heterocycles. The molecule has 2 atom stereocenters. The second kappa shape index (κ2) is 10.0. The number of nitrogens with zero attached hydrogens (tertiary/aromatic N) is 4. The summed E-state index contributed by atoms with van der Waals surface area (Å²) in [5, 5.41) is 3.46. The van der Waals surface area contributed by atoms with Crippen LogP contribution in [0.25, 0.3) is 0 Å². The molecule has 1 N–H and O–H groups in total. The Morgan fingerprint density at radius 2 is 1.88 bits per heavy atom. The lowest BCUT2D eigenvalue weighted by molar-refractivity contribution is -0.181. The fraction of sp³-hybridized carbons (Fsp3) is 0.938. The molecule has 0 radical (unpaired) electrons. The summed E-state index contributed by atoms with van der Waals surface area (Å²) in [6.45, 7) is 3.96. The minimum absolute atomic E-state index is 0. The average molecular weight is 509 g/mol. The van der Waals surface area contributed by atoms with Gasteiger partial charge in [-0.15, -0.1) is 24.0 Å². The van der Waals surface area contributed by atoms with Crippen LogP contribution < -0.4 is 5.32 Å². The zero-order valence-electron chi connectivity index (χ0n) is 16.0. The van der Waals surface area contributed by atoms with Crippen LogP contribution in [0.2, 0.25) is 0 Å². The SMILES string of the molecule is CN=C(NCC1(N(C)C)CCSC1)N1CCN(C(C)C(F)(F)F)CC1.I. The average Bonchev–Trinajstić information content (AvgIpc) is 3.05. The van der Waals surface area contributed by atoms with Crippen molar-refractivity contribution < 1.29 is 13.2 Å². The van der Waals surface area contributed by atoms with E-state index in [-0.39, 0.29) is 29.5 Å². The molecule has 0 spiro atoms. The topological polar surface area (TPSA) is 34.1 Å². The first-order valence-electron chi connectivity index (χ1n) is 8.71. The van der Waals surface area contributed by atoms with Gasteiger partial charge in [0.05, 0.1) is 0 Å².